The van der Waals surface area contributed by atoms with Crippen LogP contribution in [0.1, 0.15) is 52.4 Å². The fourth-order valence-electron chi connectivity index (χ4n) is 2.76. The molecule has 0 saturated carbocycles. The van der Waals surface area contributed by atoms with Crippen molar-refractivity contribution in [2.75, 3.05) is 7.11 Å². The van der Waals surface area contributed by atoms with Gasteiger partial charge in [0.2, 0.25) is 0 Å². The number of ether oxygens (including phenoxy) is 1. The Labute approximate surface area is 120 Å². The maximum atomic E-state index is 6.51. The number of hydrogen-bond acceptors (Lipinski definition) is 3. The predicted octanol–water partition coefficient (Wildman–Crippen LogP) is 3.60. The molecule has 20 heavy (non-hydrogen) atoms. The molecule has 0 fully saturated rings. The molecule has 2 N–H and O–H groups in total. The minimum Gasteiger partial charge on any atom is -0.497 e. The second-order valence-electron chi connectivity index (χ2n) is 5.92. The van der Waals surface area contributed by atoms with Gasteiger partial charge >= 0.3 is 0 Å². The van der Waals surface area contributed by atoms with Crippen molar-refractivity contribution in [1.29, 1.82) is 0 Å². The Hall–Kier alpha value is -1.55. The number of fused-ring (bicyclic) bond motifs is 1. The van der Waals surface area contributed by atoms with Gasteiger partial charge in [-0.25, -0.2) is 4.98 Å². The van der Waals surface area contributed by atoms with Crippen LogP contribution in [-0.2, 0) is 5.54 Å². The molecule has 0 amide bonds. The van der Waals surface area contributed by atoms with Gasteiger partial charge in [-0.2, -0.15) is 0 Å². The number of hydrogen-bond donors (Lipinski definition) is 1. The van der Waals surface area contributed by atoms with Crippen molar-refractivity contribution < 1.29 is 4.74 Å². The Morgan fingerprint density at radius 1 is 1.40 bits per heavy atom. The summed E-state index contributed by atoms with van der Waals surface area (Å²) in [6.45, 7) is 8.54. The van der Waals surface area contributed by atoms with E-state index in [2.05, 4.69) is 38.3 Å². The lowest BCUT2D eigenvalue weighted by Gasteiger charge is -2.26. The maximum absolute atomic E-state index is 6.51. The largest absolute Gasteiger partial charge is 0.497 e. The van der Waals surface area contributed by atoms with E-state index in [0.29, 0.717) is 6.04 Å². The van der Waals surface area contributed by atoms with Crippen molar-refractivity contribution in [2.24, 2.45) is 5.73 Å². The first-order valence-electron chi connectivity index (χ1n) is 7.26. The molecule has 1 aromatic carbocycles. The standard InChI is InChI=1S/C16H25N3O/c1-6-9-16(4,17)15-18-13-10-12(20-5)7-8-14(13)19(15)11(2)3/h7-8,10-11H,6,9,17H2,1-5H3. The molecule has 0 bridgehead atoms. The summed E-state index contributed by atoms with van der Waals surface area (Å²) in [5.41, 5.74) is 8.16. The van der Waals surface area contributed by atoms with Crippen molar-refractivity contribution in [2.45, 2.75) is 52.1 Å². The molecule has 2 rings (SSSR count). The lowest BCUT2D eigenvalue weighted by Crippen LogP contribution is -2.36. The van der Waals surface area contributed by atoms with E-state index in [1.807, 2.05) is 12.1 Å². The summed E-state index contributed by atoms with van der Waals surface area (Å²) in [7, 11) is 1.67. The molecule has 110 valence electrons. The zero-order valence-corrected chi connectivity index (χ0v) is 13.1. The SMILES string of the molecule is CCCC(C)(N)c1nc2cc(OC)ccc2n1C(C)C. The Morgan fingerprint density at radius 2 is 2.10 bits per heavy atom. The molecule has 1 atom stereocenters. The topological polar surface area (TPSA) is 53.1 Å². The second kappa shape index (κ2) is 5.44. The highest BCUT2D eigenvalue weighted by Gasteiger charge is 2.28. The van der Waals surface area contributed by atoms with E-state index in [-0.39, 0.29) is 0 Å². The van der Waals surface area contributed by atoms with E-state index >= 15 is 0 Å². The van der Waals surface area contributed by atoms with E-state index in [1.165, 1.54) is 0 Å². The normalized spacial score (nSPS) is 14.8. The second-order valence-corrected chi connectivity index (χ2v) is 5.92. The summed E-state index contributed by atoms with van der Waals surface area (Å²) < 4.78 is 7.53. The highest BCUT2D eigenvalue weighted by molar-refractivity contribution is 5.78. The molecule has 0 spiro atoms. The van der Waals surface area contributed by atoms with Crippen LogP contribution in [0.4, 0.5) is 0 Å². The third-order valence-electron chi connectivity index (χ3n) is 3.69. The van der Waals surface area contributed by atoms with Gasteiger partial charge in [-0.15, -0.1) is 0 Å². The maximum Gasteiger partial charge on any atom is 0.130 e. The molecule has 2 aromatic rings. The van der Waals surface area contributed by atoms with Crippen LogP contribution >= 0.6 is 0 Å². The van der Waals surface area contributed by atoms with Gasteiger partial charge in [0, 0.05) is 12.1 Å². The van der Waals surface area contributed by atoms with Crippen molar-refractivity contribution >= 4 is 11.0 Å². The van der Waals surface area contributed by atoms with E-state index < -0.39 is 5.54 Å². The number of methoxy groups -OCH3 is 1. The van der Waals surface area contributed by atoms with Crippen LogP contribution in [0.2, 0.25) is 0 Å². The molecular weight excluding hydrogens is 250 g/mol. The van der Waals surface area contributed by atoms with Crippen LogP contribution in [0, 0.1) is 0 Å². The molecule has 1 heterocycles. The van der Waals surface area contributed by atoms with Gasteiger partial charge in [0.05, 0.1) is 23.7 Å². The number of nitrogens with zero attached hydrogens (tertiary/aromatic N) is 2. The molecule has 4 nitrogen and oxygen atoms in total. The molecule has 1 aromatic heterocycles. The van der Waals surface area contributed by atoms with E-state index in [0.717, 1.165) is 35.4 Å². The monoisotopic (exact) mass is 275 g/mol. The lowest BCUT2D eigenvalue weighted by atomic mass is 9.96. The summed E-state index contributed by atoms with van der Waals surface area (Å²) >= 11 is 0. The van der Waals surface area contributed by atoms with Crippen molar-refractivity contribution in [3.8, 4) is 5.75 Å². The van der Waals surface area contributed by atoms with Gasteiger partial charge in [0.25, 0.3) is 0 Å². The van der Waals surface area contributed by atoms with Crippen molar-refractivity contribution in [3.05, 3.63) is 24.0 Å². The third kappa shape index (κ3) is 2.52. The summed E-state index contributed by atoms with van der Waals surface area (Å²) in [6, 6.07) is 6.33. The average molecular weight is 275 g/mol. The Kier molecular flexibility index (Phi) is 4.04. The van der Waals surface area contributed by atoms with Crippen LogP contribution in [0.3, 0.4) is 0 Å². The average Bonchev–Trinajstić information content (AvgIpc) is 2.77. The lowest BCUT2D eigenvalue weighted by molar-refractivity contribution is 0.390. The van der Waals surface area contributed by atoms with E-state index in [1.54, 1.807) is 7.11 Å². The first kappa shape index (κ1) is 14.9. The number of rotatable bonds is 5. The van der Waals surface area contributed by atoms with Crippen LogP contribution in [0.15, 0.2) is 18.2 Å². The molecule has 0 saturated heterocycles. The highest BCUT2D eigenvalue weighted by atomic mass is 16.5. The van der Waals surface area contributed by atoms with Gasteiger partial charge in [-0.1, -0.05) is 13.3 Å². The zero-order chi connectivity index (χ0) is 14.9. The summed E-state index contributed by atoms with van der Waals surface area (Å²) in [6.07, 6.45) is 1.96. The van der Waals surface area contributed by atoms with Gasteiger partial charge in [-0.05, 0) is 39.3 Å². The van der Waals surface area contributed by atoms with Gasteiger partial charge in [0.15, 0.2) is 0 Å². The fourth-order valence-corrected chi connectivity index (χ4v) is 2.76. The van der Waals surface area contributed by atoms with Gasteiger partial charge in [-0.3, -0.25) is 0 Å². The van der Waals surface area contributed by atoms with E-state index in [4.69, 9.17) is 15.5 Å². The number of nitrogens with two attached hydrogens (primary N) is 1. The molecule has 0 aliphatic heterocycles. The van der Waals surface area contributed by atoms with Crippen LogP contribution in [0.25, 0.3) is 11.0 Å². The van der Waals surface area contributed by atoms with Gasteiger partial charge in [0.1, 0.15) is 11.6 Å². The molecule has 0 radical (unpaired) electrons. The first-order valence-corrected chi connectivity index (χ1v) is 7.26. The number of imidazole rings is 1. The predicted molar refractivity (Wildman–Crippen MR) is 83.1 cm³/mol. The fraction of sp³-hybridized carbons (Fsp3) is 0.562. The molecule has 0 aliphatic rings. The summed E-state index contributed by atoms with van der Waals surface area (Å²) in [5.74, 6) is 1.78. The Bertz CT molecular complexity index is 599. The Morgan fingerprint density at radius 3 is 2.65 bits per heavy atom. The molecule has 0 aliphatic carbocycles. The van der Waals surface area contributed by atoms with Crippen LogP contribution < -0.4 is 10.5 Å². The third-order valence-corrected chi connectivity index (χ3v) is 3.69. The molecule has 4 heteroatoms. The van der Waals surface area contributed by atoms with Crippen molar-refractivity contribution in [3.63, 3.8) is 0 Å². The number of benzene rings is 1. The summed E-state index contributed by atoms with van der Waals surface area (Å²) in [5, 5.41) is 0. The zero-order valence-electron chi connectivity index (χ0n) is 13.1. The molecule has 1 unspecified atom stereocenters. The molecular formula is C16H25N3O. The highest BCUT2D eigenvalue weighted by Crippen LogP contribution is 2.31. The van der Waals surface area contributed by atoms with Crippen LogP contribution in [-0.4, -0.2) is 16.7 Å². The van der Waals surface area contributed by atoms with Crippen LogP contribution in [0.5, 0.6) is 5.75 Å². The quantitative estimate of drug-likeness (QED) is 0.907. The Balaban J connectivity index is 2.67. The smallest absolute Gasteiger partial charge is 0.130 e. The minimum absolute atomic E-state index is 0.322. The number of aromatic nitrogens is 2. The van der Waals surface area contributed by atoms with Crippen molar-refractivity contribution in [1.82, 2.24) is 9.55 Å². The summed E-state index contributed by atoms with van der Waals surface area (Å²) in [4.78, 5) is 4.79. The van der Waals surface area contributed by atoms with E-state index in [9.17, 15) is 0 Å². The van der Waals surface area contributed by atoms with Gasteiger partial charge < -0.3 is 15.0 Å². The first-order chi connectivity index (χ1) is 9.40. The minimum atomic E-state index is -0.411.